The molecule has 0 unspecified atom stereocenters. The van der Waals surface area contributed by atoms with Crippen LogP contribution in [0.1, 0.15) is 5.56 Å². The lowest BCUT2D eigenvalue weighted by atomic mass is 10.2. The Morgan fingerprint density at radius 1 is 1.09 bits per heavy atom. The molecule has 0 spiro atoms. The van der Waals surface area contributed by atoms with Crippen molar-refractivity contribution >= 4 is 35.0 Å². The molecule has 0 aliphatic rings. The fraction of sp³-hybridized carbons (Fsp3) is 0.0714. The highest BCUT2D eigenvalue weighted by molar-refractivity contribution is 7.98. The van der Waals surface area contributed by atoms with Gasteiger partial charge < -0.3 is 0 Å². The molecule has 0 saturated heterocycles. The zero-order chi connectivity index (χ0) is 16.8. The van der Waals surface area contributed by atoms with E-state index in [1.54, 1.807) is 11.8 Å². The third-order valence-electron chi connectivity index (χ3n) is 2.90. The summed E-state index contributed by atoms with van der Waals surface area (Å²) in [5.74, 6) is 0. The number of nitro groups is 2. The quantitative estimate of drug-likeness (QED) is 0.374. The van der Waals surface area contributed by atoms with E-state index in [0.717, 1.165) is 16.5 Å². The van der Waals surface area contributed by atoms with Crippen molar-refractivity contribution in [2.24, 2.45) is 5.10 Å². The van der Waals surface area contributed by atoms with Crippen LogP contribution in [0.15, 0.2) is 52.5 Å². The van der Waals surface area contributed by atoms with E-state index in [0.29, 0.717) is 0 Å². The Balaban J connectivity index is 2.17. The first-order valence-electron chi connectivity index (χ1n) is 6.37. The first kappa shape index (κ1) is 16.4. The van der Waals surface area contributed by atoms with Crippen molar-refractivity contribution < 1.29 is 9.85 Å². The van der Waals surface area contributed by atoms with Crippen LogP contribution < -0.4 is 5.43 Å². The first-order valence-corrected chi connectivity index (χ1v) is 7.59. The number of nitro benzene ring substituents is 2. The van der Waals surface area contributed by atoms with Crippen molar-refractivity contribution in [2.75, 3.05) is 11.7 Å². The molecule has 118 valence electrons. The molecule has 0 aliphatic carbocycles. The number of nitrogens with one attached hydrogen (secondary N) is 1. The number of non-ortho nitro benzene ring substituents is 1. The summed E-state index contributed by atoms with van der Waals surface area (Å²) in [6.07, 6.45) is 3.48. The number of anilines is 1. The topological polar surface area (TPSA) is 111 Å². The second kappa shape index (κ2) is 7.36. The SMILES string of the molecule is CSc1ccc(C=NNc2ccc([N+](=O)[O-])cc2[N+](=O)[O-])cc1. The molecule has 23 heavy (non-hydrogen) atoms. The van der Waals surface area contributed by atoms with Crippen molar-refractivity contribution in [1.29, 1.82) is 0 Å². The Labute approximate surface area is 135 Å². The van der Waals surface area contributed by atoms with E-state index in [1.165, 1.54) is 18.3 Å². The largest absolute Gasteiger partial charge is 0.301 e. The standard InChI is InChI=1S/C14H12N4O4S/c1-23-12-5-2-10(3-6-12)9-15-16-13-7-4-11(17(19)20)8-14(13)18(21)22/h2-9,16H,1H3. The third kappa shape index (κ3) is 4.27. The Morgan fingerprint density at radius 2 is 1.78 bits per heavy atom. The summed E-state index contributed by atoms with van der Waals surface area (Å²) in [6, 6.07) is 10.9. The summed E-state index contributed by atoms with van der Waals surface area (Å²) in [5.41, 5.74) is 2.68. The Bertz CT molecular complexity index is 762. The van der Waals surface area contributed by atoms with E-state index >= 15 is 0 Å². The summed E-state index contributed by atoms with van der Waals surface area (Å²) in [4.78, 5) is 21.4. The molecule has 1 N–H and O–H groups in total. The molecule has 0 atom stereocenters. The minimum absolute atomic E-state index is 0.0811. The van der Waals surface area contributed by atoms with Gasteiger partial charge in [-0.05, 0) is 30.0 Å². The molecular formula is C14H12N4O4S. The second-order valence-corrected chi connectivity index (χ2v) is 5.24. The van der Waals surface area contributed by atoms with Gasteiger partial charge in [0.2, 0.25) is 0 Å². The van der Waals surface area contributed by atoms with E-state index in [2.05, 4.69) is 10.5 Å². The molecular weight excluding hydrogens is 320 g/mol. The molecule has 2 aromatic rings. The molecule has 0 aromatic heterocycles. The third-order valence-corrected chi connectivity index (χ3v) is 3.65. The number of nitrogens with zero attached hydrogens (tertiary/aromatic N) is 3. The predicted molar refractivity (Wildman–Crippen MR) is 89.2 cm³/mol. The Kier molecular flexibility index (Phi) is 5.26. The molecule has 0 bridgehead atoms. The van der Waals surface area contributed by atoms with Gasteiger partial charge in [0, 0.05) is 11.0 Å². The van der Waals surface area contributed by atoms with Crippen molar-refractivity contribution in [3.8, 4) is 0 Å². The summed E-state index contributed by atoms with van der Waals surface area (Å²) >= 11 is 1.62. The van der Waals surface area contributed by atoms with Crippen LogP contribution in [-0.4, -0.2) is 22.3 Å². The van der Waals surface area contributed by atoms with Gasteiger partial charge in [0.1, 0.15) is 5.69 Å². The summed E-state index contributed by atoms with van der Waals surface area (Å²) in [5, 5.41) is 25.6. The number of hydrazone groups is 1. The lowest BCUT2D eigenvalue weighted by Gasteiger charge is -2.02. The minimum atomic E-state index is -0.696. The van der Waals surface area contributed by atoms with Crippen LogP contribution in [0.3, 0.4) is 0 Å². The number of rotatable bonds is 6. The van der Waals surface area contributed by atoms with E-state index in [1.807, 2.05) is 30.5 Å². The van der Waals surface area contributed by atoms with Crippen LogP contribution in [0.4, 0.5) is 17.1 Å². The molecule has 0 aliphatic heterocycles. The highest BCUT2D eigenvalue weighted by Crippen LogP contribution is 2.28. The zero-order valence-electron chi connectivity index (χ0n) is 12.0. The molecule has 0 fully saturated rings. The molecule has 2 aromatic carbocycles. The molecule has 0 saturated carbocycles. The average Bonchev–Trinajstić information content (AvgIpc) is 2.55. The fourth-order valence-electron chi connectivity index (χ4n) is 1.75. The smallest absolute Gasteiger partial charge is 0.272 e. The predicted octanol–water partition coefficient (Wildman–Crippen LogP) is 3.67. The number of hydrogen-bond donors (Lipinski definition) is 1. The minimum Gasteiger partial charge on any atom is -0.272 e. The number of hydrogen-bond acceptors (Lipinski definition) is 7. The van der Waals surface area contributed by atoms with Crippen LogP contribution in [0.25, 0.3) is 0 Å². The second-order valence-electron chi connectivity index (χ2n) is 4.36. The van der Waals surface area contributed by atoms with Gasteiger partial charge in [-0.25, -0.2) is 0 Å². The summed E-state index contributed by atoms with van der Waals surface area (Å²) < 4.78 is 0. The van der Waals surface area contributed by atoms with E-state index in [-0.39, 0.29) is 11.4 Å². The van der Waals surface area contributed by atoms with Crippen LogP contribution in [0, 0.1) is 20.2 Å². The van der Waals surface area contributed by atoms with Crippen LogP contribution >= 0.6 is 11.8 Å². The van der Waals surface area contributed by atoms with Gasteiger partial charge in [-0.15, -0.1) is 11.8 Å². The molecule has 0 radical (unpaired) electrons. The van der Waals surface area contributed by atoms with Gasteiger partial charge in [0.25, 0.3) is 5.69 Å². The molecule has 9 heteroatoms. The summed E-state index contributed by atoms with van der Waals surface area (Å²) in [7, 11) is 0. The Morgan fingerprint density at radius 3 is 2.35 bits per heavy atom. The molecule has 8 nitrogen and oxygen atoms in total. The first-order chi connectivity index (χ1) is 11.0. The monoisotopic (exact) mass is 332 g/mol. The van der Waals surface area contributed by atoms with Crippen molar-refractivity contribution in [3.05, 3.63) is 68.3 Å². The normalized spacial score (nSPS) is 10.7. The Hall–Kier alpha value is -2.94. The van der Waals surface area contributed by atoms with Crippen LogP contribution in [0.5, 0.6) is 0 Å². The van der Waals surface area contributed by atoms with Crippen molar-refractivity contribution in [3.63, 3.8) is 0 Å². The maximum Gasteiger partial charge on any atom is 0.301 e. The number of benzene rings is 2. The zero-order valence-corrected chi connectivity index (χ0v) is 12.8. The van der Waals surface area contributed by atoms with Gasteiger partial charge >= 0.3 is 5.69 Å². The van der Waals surface area contributed by atoms with Crippen LogP contribution in [0.2, 0.25) is 0 Å². The lowest BCUT2D eigenvalue weighted by Crippen LogP contribution is -1.98. The van der Waals surface area contributed by atoms with E-state index < -0.39 is 15.5 Å². The lowest BCUT2D eigenvalue weighted by molar-refractivity contribution is -0.393. The number of thioether (sulfide) groups is 1. The van der Waals surface area contributed by atoms with Gasteiger partial charge in [-0.3, -0.25) is 25.7 Å². The molecule has 0 heterocycles. The maximum absolute atomic E-state index is 11.0. The van der Waals surface area contributed by atoms with Gasteiger partial charge in [-0.1, -0.05) is 12.1 Å². The van der Waals surface area contributed by atoms with Gasteiger partial charge in [0.05, 0.1) is 22.1 Å². The average molecular weight is 332 g/mol. The van der Waals surface area contributed by atoms with E-state index in [4.69, 9.17) is 0 Å². The van der Waals surface area contributed by atoms with Crippen molar-refractivity contribution in [1.82, 2.24) is 0 Å². The summed E-state index contributed by atoms with van der Waals surface area (Å²) in [6.45, 7) is 0. The highest BCUT2D eigenvalue weighted by atomic mass is 32.2. The molecule has 2 rings (SSSR count). The highest BCUT2D eigenvalue weighted by Gasteiger charge is 2.18. The van der Waals surface area contributed by atoms with Crippen molar-refractivity contribution in [2.45, 2.75) is 4.90 Å². The van der Waals surface area contributed by atoms with Gasteiger partial charge in [-0.2, -0.15) is 5.10 Å². The maximum atomic E-state index is 11.0. The van der Waals surface area contributed by atoms with E-state index in [9.17, 15) is 20.2 Å². The fourth-order valence-corrected chi connectivity index (χ4v) is 2.15. The van der Waals surface area contributed by atoms with Gasteiger partial charge in [0.15, 0.2) is 0 Å². The van der Waals surface area contributed by atoms with Crippen LogP contribution in [-0.2, 0) is 0 Å². The molecule has 0 amide bonds.